The number of amides is 1. The van der Waals surface area contributed by atoms with Crippen LogP contribution in [0.5, 0.6) is 0 Å². The highest BCUT2D eigenvalue weighted by atomic mass is 32.1. The number of ether oxygens (including phenoxy) is 1. The summed E-state index contributed by atoms with van der Waals surface area (Å²) in [6.45, 7) is 4.28. The number of hydrogen-bond donors (Lipinski definition) is 1. The molecule has 1 aromatic heterocycles. The quantitative estimate of drug-likeness (QED) is 0.442. The predicted octanol–water partition coefficient (Wildman–Crippen LogP) is 3.23. The first-order valence-corrected chi connectivity index (χ1v) is 10.6. The van der Waals surface area contributed by atoms with E-state index in [1.165, 1.54) is 18.4 Å². The van der Waals surface area contributed by atoms with Crippen molar-refractivity contribution in [3.05, 3.63) is 34.0 Å². The molecule has 2 rings (SSSR count). The first-order valence-electron chi connectivity index (χ1n) is 9.74. The lowest BCUT2D eigenvalue weighted by molar-refractivity contribution is -0.127. The van der Waals surface area contributed by atoms with Gasteiger partial charge in [0.05, 0.1) is 30.7 Å². The van der Waals surface area contributed by atoms with Gasteiger partial charge in [-0.25, -0.2) is 4.79 Å². The number of nitrogens with zero attached hydrogens (tertiary/aromatic N) is 1. The van der Waals surface area contributed by atoms with Crippen molar-refractivity contribution in [2.24, 2.45) is 5.92 Å². The van der Waals surface area contributed by atoms with E-state index in [-0.39, 0.29) is 23.8 Å². The smallest absolute Gasteiger partial charge is 0.348 e. The van der Waals surface area contributed by atoms with E-state index in [0.29, 0.717) is 24.3 Å². The molecule has 6 heteroatoms. The van der Waals surface area contributed by atoms with Gasteiger partial charge < -0.3 is 14.7 Å². The number of hydrogen-bond acceptors (Lipinski definition) is 5. The lowest BCUT2D eigenvalue weighted by Gasteiger charge is -2.20. The summed E-state index contributed by atoms with van der Waals surface area (Å²) in [4.78, 5) is 26.7. The van der Waals surface area contributed by atoms with Crippen molar-refractivity contribution < 1.29 is 19.4 Å². The van der Waals surface area contributed by atoms with Gasteiger partial charge >= 0.3 is 5.97 Å². The lowest BCUT2D eigenvalue weighted by atomic mass is 10.00. The van der Waals surface area contributed by atoms with Gasteiger partial charge in [0.25, 0.3) is 0 Å². The summed E-state index contributed by atoms with van der Waals surface area (Å²) < 4.78 is 4.69. The predicted molar refractivity (Wildman–Crippen MR) is 114 cm³/mol. The summed E-state index contributed by atoms with van der Waals surface area (Å²) in [6, 6.07) is 3.39. The van der Waals surface area contributed by atoms with Crippen molar-refractivity contribution in [1.82, 2.24) is 4.90 Å². The van der Waals surface area contributed by atoms with Gasteiger partial charge in [-0.2, -0.15) is 0 Å². The maximum Gasteiger partial charge on any atom is 0.348 e. The number of methoxy groups -OCH3 is 1. The van der Waals surface area contributed by atoms with Crippen LogP contribution in [0.3, 0.4) is 0 Å². The molecule has 2 heterocycles. The average Bonchev–Trinajstić information content (AvgIpc) is 3.33. The molecule has 1 saturated heterocycles. The molecule has 1 N–H and O–H groups in total. The maximum absolute atomic E-state index is 12.2. The number of aliphatic hydroxyl groups is 1. The summed E-state index contributed by atoms with van der Waals surface area (Å²) in [6.07, 6.45) is 5.74. The van der Waals surface area contributed by atoms with Crippen molar-refractivity contribution in [3.8, 4) is 23.7 Å². The summed E-state index contributed by atoms with van der Waals surface area (Å²) >= 11 is 1.27. The molecule has 0 bridgehead atoms. The summed E-state index contributed by atoms with van der Waals surface area (Å²) in [7, 11) is 1.34. The van der Waals surface area contributed by atoms with E-state index in [1.54, 1.807) is 23.1 Å². The van der Waals surface area contributed by atoms with Crippen molar-refractivity contribution in [1.29, 1.82) is 0 Å². The summed E-state index contributed by atoms with van der Waals surface area (Å²) in [5.74, 6) is 11.8. The normalized spacial score (nSPS) is 18.0. The fourth-order valence-corrected chi connectivity index (χ4v) is 3.70. The molecule has 1 fully saturated rings. The Balaban J connectivity index is 1.95. The van der Waals surface area contributed by atoms with Crippen LogP contribution < -0.4 is 0 Å². The van der Waals surface area contributed by atoms with Crippen LogP contribution in [0.4, 0.5) is 0 Å². The third-order valence-electron chi connectivity index (χ3n) is 4.67. The van der Waals surface area contributed by atoms with Crippen molar-refractivity contribution >= 4 is 23.2 Å². The van der Waals surface area contributed by atoms with Crippen LogP contribution in [0.15, 0.2) is 24.3 Å². The van der Waals surface area contributed by atoms with Gasteiger partial charge in [0.2, 0.25) is 5.91 Å². The van der Waals surface area contributed by atoms with Crippen LogP contribution in [0.25, 0.3) is 0 Å². The molecule has 5 nitrogen and oxygen atoms in total. The number of thiophene rings is 1. The van der Waals surface area contributed by atoms with Crippen LogP contribution in [0.1, 0.15) is 54.1 Å². The highest BCUT2D eigenvalue weighted by Crippen LogP contribution is 2.21. The van der Waals surface area contributed by atoms with Gasteiger partial charge in [0.15, 0.2) is 0 Å². The standard InChI is InChI=1S/C23H27NO4S/c1-4-5-6-8-17(2)20(25)13-10-18-11-15-22(26)24(18)16-7-9-19-12-14-21(29-19)23(27)28-3/h10,12-14,17-18,20,25H,4,8,11,15-16H2,1-3H3/t17-,18-,20-/m0/s1. The molecular formula is C23H27NO4S. The summed E-state index contributed by atoms with van der Waals surface area (Å²) in [5.41, 5.74) is 0. The van der Waals surface area contributed by atoms with Gasteiger partial charge in [-0.3, -0.25) is 4.79 Å². The van der Waals surface area contributed by atoms with E-state index in [2.05, 4.69) is 28.4 Å². The fraction of sp³-hybridized carbons (Fsp3) is 0.478. The first kappa shape index (κ1) is 22.7. The highest BCUT2D eigenvalue weighted by molar-refractivity contribution is 7.14. The van der Waals surface area contributed by atoms with E-state index in [9.17, 15) is 14.7 Å². The number of aliphatic hydroxyl groups excluding tert-OH is 1. The molecule has 1 amide bonds. The molecule has 0 aliphatic carbocycles. The second-order valence-electron chi connectivity index (χ2n) is 6.85. The van der Waals surface area contributed by atoms with Crippen LogP contribution >= 0.6 is 11.3 Å². The SMILES string of the molecule is CCC#CC[C@H](C)[C@@H](O)C=C[C@H]1CCC(=O)N1CC#Cc1ccc(C(=O)OC)s1. The van der Waals surface area contributed by atoms with Gasteiger partial charge in [-0.05, 0) is 24.5 Å². The average molecular weight is 414 g/mol. The van der Waals surface area contributed by atoms with Gasteiger partial charge in [-0.1, -0.05) is 37.8 Å². The van der Waals surface area contributed by atoms with Crippen molar-refractivity contribution in [2.75, 3.05) is 13.7 Å². The van der Waals surface area contributed by atoms with Crippen molar-refractivity contribution in [3.63, 3.8) is 0 Å². The Morgan fingerprint density at radius 2 is 2.21 bits per heavy atom. The largest absolute Gasteiger partial charge is 0.465 e. The van der Waals surface area contributed by atoms with E-state index in [1.807, 2.05) is 19.9 Å². The van der Waals surface area contributed by atoms with Crippen LogP contribution in [0, 0.1) is 29.6 Å². The number of carbonyl (C=O) groups excluding carboxylic acids is 2. The lowest BCUT2D eigenvalue weighted by Crippen LogP contribution is -2.32. The Labute approximate surface area is 176 Å². The highest BCUT2D eigenvalue weighted by Gasteiger charge is 2.28. The van der Waals surface area contributed by atoms with E-state index >= 15 is 0 Å². The van der Waals surface area contributed by atoms with E-state index in [4.69, 9.17) is 0 Å². The van der Waals surface area contributed by atoms with Crippen LogP contribution in [-0.2, 0) is 9.53 Å². The minimum Gasteiger partial charge on any atom is -0.465 e. The molecule has 3 atom stereocenters. The van der Waals surface area contributed by atoms with Gasteiger partial charge in [0.1, 0.15) is 4.88 Å². The molecular weight excluding hydrogens is 386 g/mol. The molecule has 1 aliphatic rings. The fourth-order valence-electron chi connectivity index (χ4n) is 2.90. The number of esters is 1. The zero-order chi connectivity index (χ0) is 21.2. The molecule has 1 aromatic rings. The van der Waals surface area contributed by atoms with Gasteiger partial charge in [0, 0.05) is 19.3 Å². The Bertz CT molecular complexity index is 865. The van der Waals surface area contributed by atoms with Gasteiger partial charge in [-0.15, -0.1) is 23.2 Å². The van der Waals surface area contributed by atoms with Crippen molar-refractivity contribution in [2.45, 2.75) is 51.7 Å². The first-order chi connectivity index (χ1) is 14.0. The molecule has 0 saturated carbocycles. The summed E-state index contributed by atoms with van der Waals surface area (Å²) in [5, 5.41) is 10.3. The topological polar surface area (TPSA) is 66.8 Å². The third-order valence-corrected chi connectivity index (χ3v) is 5.65. The Kier molecular flexibility index (Phi) is 8.99. The monoisotopic (exact) mass is 413 g/mol. The zero-order valence-electron chi connectivity index (χ0n) is 17.1. The molecule has 29 heavy (non-hydrogen) atoms. The number of rotatable bonds is 6. The molecule has 1 aliphatic heterocycles. The Hall–Kier alpha value is -2.54. The minimum atomic E-state index is -0.590. The Morgan fingerprint density at radius 3 is 2.93 bits per heavy atom. The number of carbonyl (C=O) groups is 2. The zero-order valence-corrected chi connectivity index (χ0v) is 17.9. The maximum atomic E-state index is 12.2. The van der Waals surface area contributed by atoms with E-state index < -0.39 is 6.10 Å². The minimum absolute atomic E-state index is 0.0403. The van der Waals surface area contributed by atoms with Crippen LogP contribution in [0.2, 0.25) is 0 Å². The van der Waals surface area contributed by atoms with E-state index in [0.717, 1.165) is 17.7 Å². The molecule has 154 valence electrons. The second-order valence-corrected chi connectivity index (χ2v) is 7.93. The van der Waals surface area contributed by atoms with Crippen LogP contribution in [-0.4, -0.2) is 47.7 Å². The third kappa shape index (κ3) is 6.78. The molecule has 0 aromatic carbocycles. The Morgan fingerprint density at radius 1 is 1.41 bits per heavy atom. The molecule has 0 radical (unpaired) electrons. The second kappa shape index (κ2) is 11.5. The number of likely N-dealkylation sites (tertiary alicyclic amines) is 1. The molecule has 0 spiro atoms. The molecule has 0 unspecified atom stereocenters.